The summed E-state index contributed by atoms with van der Waals surface area (Å²) in [5.41, 5.74) is -0.318. The number of aromatic carboxylic acids is 1. The highest BCUT2D eigenvalue weighted by Gasteiger charge is 2.15. The summed E-state index contributed by atoms with van der Waals surface area (Å²) in [6.07, 6.45) is 0. The Morgan fingerprint density at radius 3 is 2.58 bits per heavy atom. The highest BCUT2D eigenvalue weighted by Crippen LogP contribution is 2.09. The molecule has 0 saturated heterocycles. The molecule has 0 amide bonds. The SMILES string of the molecule is Cn1nc([N+](=O)[O-])cc1C(=O)[O-]. The van der Waals surface area contributed by atoms with Gasteiger partial charge < -0.3 is 20.0 Å². The van der Waals surface area contributed by atoms with Crippen molar-refractivity contribution in [3.8, 4) is 0 Å². The summed E-state index contributed by atoms with van der Waals surface area (Å²) >= 11 is 0. The molecule has 0 radical (unpaired) electrons. The minimum atomic E-state index is -1.49. The molecular formula is C5H4N3O4-. The monoisotopic (exact) mass is 170 g/mol. The van der Waals surface area contributed by atoms with Gasteiger partial charge in [-0.3, -0.25) is 0 Å². The third-order valence-corrected chi connectivity index (χ3v) is 1.26. The van der Waals surface area contributed by atoms with Crippen LogP contribution in [-0.2, 0) is 7.05 Å². The molecular weight excluding hydrogens is 166 g/mol. The van der Waals surface area contributed by atoms with Gasteiger partial charge in [0.05, 0.1) is 24.2 Å². The van der Waals surface area contributed by atoms with E-state index in [0.717, 1.165) is 10.7 Å². The molecule has 7 heteroatoms. The summed E-state index contributed by atoms with van der Waals surface area (Å²) in [5.74, 6) is -1.99. The number of hydrogen-bond acceptors (Lipinski definition) is 5. The fourth-order valence-corrected chi connectivity index (χ4v) is 0.732. The van der Waals surface area contributed by atoms with Crippen LogP contribution in [0.4, 0.5) is 5.82 Å². The Hall–Kier alpha value is -1.92. The average Bonchev–Trinajstić information content (AvgIpc) is 2.30. The lowest BCUT2D eigenvalue weighted by molar-refractivity contribution is -0.389. The number of nitrogens with zero attached hydrogens (tertiary/aromatic N) is 3. The topological polar surface area (TPSA) is 101 Å². The molecule has 1 aromatic rings. The summed E-state index contributed by atoms with van der Waals surface area (Å²) in [6, 6.07) is 0.843. The first kappa shape index (κ1) is 8.18. The van der Waals surface area contributed by atoms with E-state index >= 15 is 0 Å². The van der Waals surface area contributed by atoms with E-state index in [1.807, 2.05) is 0 Å². The van der Waals surface area contributed by atoms with Crippen molar-refractivity contribution in [3.63, 3.8) is 0 Å². The van der Waals surface area contributed by atoms with E-state index in [9.17, 15) is 20.0 Å². The number of aryl methyl sites for hydroxylation is 1. The van der Waals surface area contributed by atoms with Gasteiger partial charge in [0, 0.05) is 0 Å². The highest BCUT2D eigenvalue weighted by atomic mass is 16.6. The second-order valence-electron chi connectivity index (χ2n) is 2.06. The van der Waals surface area contributed by atoms with Gasteiger partial charge in [-0.1, -0.05) is 0 Å². The molecule has 0 aliphatic rings. The minimum absolute atomic E-state index is 0.318. The van der Waals surface area contributed by atoms with Gasteiger partial charge in [-0.05, 0) is 4.92 Å². The van der Waals surface area contributed by atoms with Gasteiger partial charge >= 0.3 is 5.82 Å². The molecule has 0 spiro atoms. The van der Waals surface area contributed by atoms with Crippen LogP contribution in [0.3, 0.4) is 0 Å². The zero-order valence-corrected chi connectivity index (χ0v) is 6.05. The normalized spacial score (nSPS) is 9.75. The number of carbonyl (C=O) groups excluding carboxylic acids is 1. The molecule has 0 N–H and O–H groups in total. The zero-order valence-electron chi connectivity index (χ0n) is 6.05. The Morgan fingerprint density at radius 1 is 1.75 bits per heavy atom. The summed E-state index contributed by atoms with van der Waals surface area (Å²) < 4.78 is 0.882. The van der Waals surface area contributed by atoms with Crippen LogP contribution in [0, 0.1) is 10.1 Å². The smallest absolute Gasteiger partial charge is 0.390 e. The maximum absolute atomic E-state index is 10.3. The first-order valence-corrected chi connectivity index (χ1v) is 2.92. The third-order valence-electron chi connectivity index (χ3n) is 1.26. The maximum Gasteiger partial charge on any atom is 0.390 e. The lowest BCUT2D eigenvalue weighted by atomic mass is 10.4. The number of carboxylic acids is 1. The zero-order chi connectivity index (χ0) is 9.30. The molecule has 0 bridgehead atoms. The van der Waals surface area contributed by atoms with Crippen LogP contribution in [0.5, 0.6) is 0 Å². The fraction of sp³-hybridized carbons (Fsp3) is 0.200. The van der Waals surface area contributed by atoms with Crippen molar-refractivity contribution in [2.45, 2.75) is 0 Å². The van der Waals surface area contributed by atoms with Crippen LogP contribution in [0.25, 0.3) is 0 Å². The first-order chi connectivity index (χ1) is 5.52. The summed E-state index contributed by atoms with van der Waals surface area (Å²) in [5, 5.41) is 23.7. The van der Waals surface area contributed by atoms with Gasteiger partial charge in [0.15, 0.2) is 0 Å². The van der Waals surface area contributed by atoms with Crippen LogP contribution < -0.4 is 5.11 Å². The van der Waals surface area contributed by atoms with Crippen LogP contribution >= 0.6 is 0 Å². The molecule has 1 rings (SSSR count). The lowest BCUT2D eigenvalue weighted by Gasteiger charge is -1.95. The Bertz CT molecular complexity index is 342. The molecule has 0 atom stereocenters. The van der Waals surface area contributed by atoms with Crippen molar-refractivity contribution < 1.29 is 14.8 Å². The second kappa shape index (κ2) is 2.61. The van der Waals surface area contributed by atoms with E-state index in [-0.39, 0.29) is 5.69 Å². The predicted molar refractivity (Wildman–Crippen MR) is 34.2 cm³/mol. The van der Waals surface area contributed by atoms with Crippen molar-refractivity contribution in [2.75, 3.05) is 0 Å². The molecule has 12 heavy (non-hydrogen) atoms. The number of carboxylic acid groups (broad SMARTS) is 1. The highest BCUT2D eigenvalue weighted by molar-refractivity contribution is 5.84. The van der Waals surface area contributed by atoms with Crippen LogP contribution in [0.1, 0.15) is 10.5 Å². The Labute approximate surface area is 66.4 Å². The van der Waals surface area contributed by atoms with Crippen molar-refractivity contribution in [3.05, 3.63) is 21.9 Å². The predicted octanol–water partition coefficient (Wildman–Crippen LogP) is -1.31. The Balaban J connectivity index is 3.17. The number of rotatable bonds is 2. The molecule has 64 valence electrons. The molecule has 0 aliphatic heterocycles. The summed E-state index contributed by atoms with van der Waals surface area (Å²) in [7, 11) is 1.29. The number of carbonyl (C=O) groups is 1. The molecule has 0 fully saturated rings. The van der Waals surface area contributed by atoms with Gasteiger partial charge in [0.2, 0.25) is 0 Å². The van der Waals surface area contributed by atoms with Gasteiger partial charge in [0.1, 0.15) is 5.69 Å². The van der Waals surface area contributed by atoms with E-state index in [1.54, 1.807) is 0 Å². The Kier molecular flexibility index (Phi) is 1.78. The van der Waals surface area contributed by atoms with Crippen molar-refractivity contribution in [1.29, 1.82) is 0 Å². The summed E-state index contributed by atoms with van der Waals surface area (Å²) in [4.78, 5) is 19.6. The van der Waals surface area contributed by atoms with Gasteiger partial charge in [0.25, 0.3) is 0 Å². The molecule has 0 saturated carbocycles. The van der Waals surface area contributed by atoms with Crippen molar-refractivity contribution in [2.24, 2.45) is 7.05 Å². The standard InChI is InChI=1S/C5H5N3O4/c1-7-3(5(9)10)2-4(6-7)8(11)12/h2H,1H3,(H,9,10)/p-1. The number of aromatic nitrogens is 2. The Morgan fingerprint density at radius 2 is 2.33 bits per heavy atom. The third kappa shape index (κ3) is 1.24. The lowest BCUT2D eigenvalue weighted by Crippen LogP contribution is -2.24. The van der Waals surface area contributed by atoms with E-state index in [4.69, 9.17) is 0 Å². The summed E-state index contributed by atoms with van der Waals surface area (Å²) in [6.45, 7) is 0. The fourth-order valence-electron chi connectivity index (χ4n) is 0.732. The van der Waals surface area contributed by atoms with Crippen molar-refractivity contribution in [1.82, 2.24) is 9.78 Å². The molecule has 0 unspecified atom stereocenters. The van der Waals surface area contributed by atoms with Crippen LogP contribution in [-0.4, -0.2) is 20.7 Å². The molecule has 7 nitrogen and oxygen atoms in total. The second-order valence-corrected chi connectivity index (χ2v) is 2.06. The van der Waals surface area contributed by atoms with E-state index in [0.29, 0.717) is 0 Å². The molecule has 1 heterocycles. The van der Waals surface area contributed by atoms with Gasteiger partial charge in [-0.15, -0.1) is 0 Å². The van der Waals surface area contributed by atoms with Crippen LogP contribution in [0.15, 0.2) is 6.07 Å². The van der Waals surface area contributed by atoms with E-state index in [2.05, 4.69) is 5.10 Å². The number of hydrogen-bond donors (Lipinski definition) is 0. The number of nitro groups is 1. The van der Waals surface area contributed by atoms with Gasteiger partial charge in [-0.2, -0.15) is 4.68 Å². The average molecular weight is 170 g/mol. The van der Waals surface area contributed by atoms with E-state index < -0.39 is 16.7 Å². The largest absolute Gasteiger partial charge is 0.543 e. The molecule has 1 aromatic heterocycles. The van der Waals surface area contributed by atoms with Crippen molar-refractivity contribution >= 4 is 11.8 Å². The maximum atomic E-state index is 10.3. The molecule has 0 aliphatic carbocycles. The van der Waals surface area contributed by atoms with Gasteiger partial charge in [-0.25, -0.2) is 0 Å². The quantitative estimate of drug-likeness (QED) is 0.405. The van der Waals surface area contributed by atoms with E-state index in [1.165, 1.54) is 7.05 Å². The minimum Gasteiger partial charge on any atom is -0.543 e. The first-order valence-electron chi connectivity index (χ1n) is 2.92. The molecule has 0 aromatic carbocycles. The van der Waals surface area contributed by atoms with Crippen LogP contribution in [0.2, 0.25) is 0 Å².